The number of aliphatic hydroxyl groups excluding tert-OH is 1. The highest BCUT2D eigenvalue weighted by Crippen LogP contribution is 2.21. The predicted molar refractivity (Wildman–Crippen MR) is 62.6 cm³/mol. The number of aryl methyl sites for hydroxylation is 1. The van der Waals surface area contributed by atoms with Gasteiger partial charge in [-0.15, -0.1) is 0 Å². The van der Waals surface area contributed by atoms with Gasteiger partial charge in [0.1, 0.15) is 0 Å². The monoisotopic (exact) mass is 224 g/mol. The Morgan fingerprint density at radius 1 is 1.44 bits per heavy atom. The summed E-state index contributed by atoms with van der Waals surface area (Å²) in [5.41, 5.74) is 1.86. The van der Waals surface area contributed by atoms with Crippen LogP contribution in [0.2, 0.25) is 0 Å². The molecule has 0 amide bonds. The highest BCUT2D eigenvalue weighted by atomic mass is 16.6. The van der Waals surface area contributed by atoms with Crippen molar-refractivity contribution in [1.82, 2.24) is 0 Å². The number of nitro benzene ring substituents is 1. The molecule has 1 rings (SSSR count). The van der Waals surface area contributed by atoms with Crippen molar-refractivity contribution in [2.45, 2.75) is 19.8 Å². The standard InChI is InChI=1S/C11H16N2O3/c1-9-4-5-10(13(15)16)8-11(9)12-6-2-3-7-14/h4-5,8,12,14H,2-3,6-7H2,1H3. The molecule has 0 saturated carbocycles. The van der Waals surface area contributed by atoms with Crippen molar-refractivity contribution < 1.29 is 10.0 Å². The number of non-ortho nitro benzene ring substituents is 1. The first kappa shape index (κ1) is 12.4. The lowest BCUT2D eigenvalue weighted by atomic mass is 10.1. The van der Waals surface area contributed by atoms with Crippen molar-refractivity contribution in [1.29, 1.82) is 0 Å². The van der Waals surface area contributed by atoms with Crippen molar-refractivity contribution in [3.05, 3.63) is 33.9 Å². The quantitative estimate of drug-likeness (QED) is 0.440. The molecule has 88 valence electrons. The molecule has 0 aromatic heterocycles. The minimum absolute atomic E-state index is 0.0928. The molecule has 0 aliphatic rings. The van der Waals surface area contributed by atoms with Crippen molar-refractivity contribution in [2.75, 3.05) is 18.5 Å². The lowest BCUT2D eigenvalue weighted by molar-refractivity contribution is -0.384. The molecule has 1 aromatic carbocycles. The van der Waals surface area contributed by atoms with E-state index in [4.69, 9.17) is 5.11 Å². The summed E-state index contributed by atoms with van der Waals surface area (Å²) in [5.74, 6) is 0. The van der Waals surface area contributed by atoms with E-state index in [1.807, 2.05) is 6.92 Å². The van der Waals surface area contributed by atoms with Gasteiger partial charge in [0.2, 0.25) is 0 Å². The summed E-state index contributed by atoms with van der Waals surface area (Å²) in [7, 11) is 0. The van der Waals surface area contributed by atoms with Crippen molar-refractivity contribution in [3.8, 4) is 0 Å². The van der Waals surface area contributed by atoms with E-state index in [-0.39, 0.29) is 12.3 Å². The lowest BCUT2D eigenvalue weighted by Gasteiger charge is -2.08. The highest BCUT2D eigenvalue weighted by Gasteiger charge is 2.07. The molecule has 0 unspecified atom stereocenters. The van der Waals surface area contributed by atoms with Gasteiger partial charge in [0.15, 0.2) is 0 Å². The zero-order chi connectivity index (χ0) is 12.0. The van der Waals surface area contributed by atoms with Gasteiger partial charge in [-0.1, -0.05) is 6.07 Å². The Bertz CT molecular complexity index is 366. The van der Waals surface area contributed by atoms with E-state index in [0.717, 1.165) is 24.1 Å². The average Bonchev–Trinajstić information content (AvgIpc) is 2.26. The number of benzene rings is 1. The molecule has 5 nitrogen and oxygen atoms in total. The van der Waals surface area contributed by atoms with E-state index in [9.17, 15) is 10.1 Å². The molecule has 0 bridgehead atoms. The van der Waals surface area contributed by atoms with E-state index >= 15 is 0 Å². The average molecular weight is 224 g/mol. The number of nitrogens with one attached hydrogen (secondary N) is 1. The maximum absolute atomic E-state index is 10.6. The second-order valence-electron chi connectivity index (χ2n) is 3.61. The van der Waals surface area contributed by atoms with Crippen molar-refractivity contribution >= 4 is 11.4 Å². The lowest BCUT2D eigenvalue weighted by Crippen LogP contribution is -2.04. The number of nitro groups is 1. The van der Waals surface area contributed by atoms with Crippen molar-refractivity contribution in [3.63, 3.8) is 0 Å². The van der Waals surface area contributed by atoms with Crippen LogP contribution in [0.1, 0.15) is 18.4 Å². The normalized spacial score (nSPS) is 10.1. The smallest absolute Gasteiger partial charge is 0.271 e. The Kier molecular flexibility index (Phi) is 4.72. The van der Waals surface area contributed by atoms with Crippen LogP contribution in [-0.4, -0.2) is 23.2 Å². The van der Waals surface area contributed by atoms with Gasteiger partial charge in [0.25, 0.3) is 5.69 Å². The maximum Gasteiger partial charge on any atom is 0.271 e. The molecule has 5 heteroatoms. The summed E-state index contributed by atoms with van der Waals surface area (Å²) in [4.78, 5) is 10.2. The Morgan fingerprint density at radius 2 is 2.19 bits per heavy atom. The molecule has 1 aromatic rings. The molecule has 0 heterocycles. The van der Waals surface area contributed by atoms with E-state index < -0.39 is 4.92 Å². The van der Waals surface area contributed by atoms with Crippen molar-refractivity contribution in [2.24, 2.45) is 0 Å². The Morgan fingerprint density at radius 3 is 2.81 bits per heavy atom. The fourth-order valence-corrected chi connectivity index (χ4v) is 1.37. The first-order valence-electron chi connectivity index (χ1n) is 5.25. The Labute approximate surface area is 94.3 Å². The molecule has 0 spiro atoms. The Hall–Kier alpha value is -1.62. The number of hydrogen-bond acceptors (Lipinski definition) is 4. The van der Waals surface area contributed by atoms with Crippen LogP contribution >= 0.6 is 0 Å². The van der Waals surface area contributed by atoms with E-state index in [1.165, 1.54) is 12.1 Å². The van der Waals surface area contributed by atoms with Crippen LogP contribution in [0.4, 0.5) is 11.4 Å². The topological polar surface area (TPSA) is 75.4 Å². The van der Waals surface area contributed by atoms with Gasteiger partial charge in [-0.2, -0.15) is 0 Å². The third kappa shape index (κ3) is 3.51. The summed E-state index contributed by atoms with van der Waals surface area (Å²) in [6, 6.07) is 4.76. The number of nitrogens with zero attached hydrogens (tertiary/aromatic N) is 1. The number of anilines is 1. The molecule has 2 N–H and O–H groups in total. The maximum atomic E-state index is 10.6. The Balaban J connectivity index is 2.63. The number of aliphatic hydroxyl groups is 1. The van der Waals surface area contributed by atoms with Gasteiger partial charge in [0.05, 0.1) is 4.92 Å². The second kappa shape index (κ2) is 6.07. The van der Waals surface area contributed by atoms with Crippen LogP contribution in [0, 0.1) is 17.0 Å². The molecule has 0 saturated heterocycles. The third-order valence-electron chi connectivity index (χ3n) is 2.33. The van der Waals surface area contributed by atoms with E-state index in [1.54, 1.807) is 6.07 Å². The predicted octanol–water partition coefficient (Wildman–Crippen LogP) is 2.09. The fraction of sp³-hybridized carbons (Fsp3) is 0.455. The largest absolute Gasteiger partial charge is 0.396 e. The van der Waals surface area contributed by atoms with Gasteiger partial charge >= 0.3 is 0 Å². The van der Waals surface area contributed by atoms with Gasteiger partial charge in [-0.25, -0.2) is 0 Å². The van der Waals surface area contributed by atoms with Gasteiger partial charge < -0.3 is 10.4 Å². The zero-order valence-corrected chi connectivity index (χ0v) is 9.27. The van der Waals surface area contributed by atoms with Crippen LogP contribution < -0.4 is 5.32 Å². The fourth-order valence-electron chi connectivity index (χ4n) is 1.37. The summed E-state index contributed by atoms with van der Waals surface area (Å²) in [6.07, 6.45) is 1.58. The summed E-state index contributed by atoms with van der Waals surface area (Å²) in [6.45, 7) is 2.79. The molecule has 0 fully saturated rings. The first-order valence-corrected chi connectivity index (χ1v) is 5.25. The summed E-state index contributed by atoms with van der Waals surface area (Å²) < 4.78 is 0. The van der Waals surface area contributed by atoms with Crippen LogP contribution in [0.5, 0.6) is 0 Å². The van der Waals surface area contributed by atoms with Crippen LogP contribution in [0.3, 0.4) is 0 Å². The van der Waals surface area contributed by atoms with E-state index in [2.05, 4.69) is 5.32 Å². The van der Waals surface area contributed by atoms with E-state index in [0.29, 0.717) is 6.54 Å². The number of hydrogen-bond donors (Lipinski definition) is 2. The molecule has 0 aliphatic carbocycles. The van der Waals surface area contributed by atoms with Gasteiger partial charge in [-0.3, -0.25) is 10.1 Å². The van der Waals surface area contributed by atoms with Crippen LogP contribution in [-0.2, 0) is 0 Å². The molecular formula is C11H16N2O3. The minimum Gasteiger partial charge on any atom is -0.396 e. The molecular weight excluding hydrogens is 208 g/mol. The zero-order valence-electron chi connectivity index (χ0n) is 9.27. The number of rotatable bonds is 6. The molecule has 0 radical (unpaired) electrons. The highest BCUT2D eigenvalue weighted by molar-refractivity contribution is 5.56. The summed E-state index contributed by atoms with van der Waals surface area (Å²) in [5, 5.41) is 22.3. The first-order chi connectivity index (χ1) is 7.65. The number of unbranched alkanes of at least 4 members (excludes halogenated alkanes) is 1. The molecule has 0 aliphatic heterocycles. The van der Waals surface area contributed by atoms with Crippen LogP contribution in [0.25, 0.3) is 0 Å². The minimum atomic E-state index is -0.404. The second-order valence-corrected chi connectivity index (χ2v) is 3.61. The molecule has 16 heavy (non-hydrogen) atoms. The SMILES string of the molecule is Cc1ccc([N+](=O)[O-])cc1NCCCCO. The van der Waals surface area contributed by atoms with Gasteiger partial charge in [0, 0.05) is 31.0 Å². The third-order valence-corrected chi connectivity index (χ3v) is 2.33. The van der Waals surface area contributed by atoms with Crippen LogP contribution in [0.15, 0.2) is 18.2 Å². The molecule has 0 atom stereocenters. The van der Waals surface area contributed by atoms with Gasteiger partial charge in [-0.05, 0) is 25.3 Å². The summed E-state index contributed by atoms with van der Waals surface area (Å²) >= 11 is 0.